The van der Waals surface area contributed by atoms with Gasteiger partial charge in [-0.25, -0.2) is 0 Å². The number of aliphatic hydroxyl groups is 1. The van der Waals surface area contributed by atoms with Crippen LogP contribution in [-0.4, -0.2) is 82.7 Å². The van der Waals surface area contributed by atoms with E-state index < -0.39 is 0 Å². The fourth-order valence-corrected chi connectivity index (χ4v) is 1.60. The fourth-order valence-electron chi connectivity index (χ4n) is 1.60. The average Bonchev–Trinajstić information content (AvgIpc) is 2.43. The van der Waals surface area contributed by atoms with Crippen LogP contribution in [0.2, 0.25) is 0 Å². The van der Waals surface area contributed by atoms with Crippen molar-refractivity contribution in [1.82, 2.24) is 4.90 Å². The number of nitrogens with zero attached hydrogens (tertiary/aromatic N) is 1. The molecule has 0 atom stereocenters. The maximum absolute atomic E-state index is 10.1. The van der Waals surface area contributed by atoms with Crippen molar-refractivity contribution in [2.24, 2.45) is 0 Å². The van der Waals surface area contributed by atoms with E-state index >= 15 is 0 Å². The Labute approximate surface area is 115 Å². The molecule has 0 amide bonds. The molecule has 0 aromatic rings. The van der Waals surface area contributed by atoms with Gasteiger partial charge < -0.3 is 24.1 Å². The van der Waals surface area contributed by atoms with Gasteiger partial charge in [0.15, 0.2) is 0 Å². The zero-order chi connectivity index (χ0) is 14.2. The van der Waals surface area contributed by atoms with Gasteiger partial charge in [-0.3, -0.25) is 4.90 Å². The summed E-state index contributed by atoms with van der Waals surface area (Å²) in [6.45, 7) is 5.03. The number of carbonyl (C=O) groups is 1. The molecule has 0 aromatic carbocycles. The van der Waals surface area contributed by atoms with Crippen LogP contribution in [0, 0.1) is 0 Å². The molecule has 19 heavy (non-hydrogen) atoms. The van der Waals surface area contributed by atoms with Crippen LogP contribution in [0.25, 0.3) is 0 Å². The molecule has 0 saturated carbocycles. The van der Waals surface area contributed by atoms with E-state index in [1.807, 2.05) is 0 Å². The second-order valence-electron chi connectivity index (χ2n) is 4.12. The van der Waals surface area contributed by atoms with Gasteiger partial charge in [-0.2, -0.15) is 0 Å². The second kappa shape index (κ2) is 15.5. The molecule has 0 rings (SSSR count). The van der Waals surface area contributed by atoms with Crippen LogP contribution in [0.3, 0.4) is 0 Å². The van der Waals surface area contributed by atoms with Gasteiger partial charge in [-0.05, 0) is 19.4 Å². The zero-order valence-electron chi connectivity index (χ0n) is 11.9. The highest BCUT2D eigenvalue weighted by Gasteiger charge is 2.04. The van der Waals surface area contributed by atoms with Crippen molar-refractivity contribution < 1.29 is 24.1 Å². The third-order valence-corrected chi connectivity index (χ3v) is 2.60. The van der Waals surface area contributed by atoms with Crippen LogP contribution in [0.4, 0.5) is 0 Å². The van der Waals surface area contributed by atoms with E-state index in [-0.39, 0.29) is 13.2 Å². The lowest BCUT2D eigenvalue weighted by molar-refractivity contribution is -0.112. The highest BCUT2D eigenvalue weighted by Crippen LogP contribution is 1.96. The molecular weight excluding hydrogens is 250 g/mol. The average molecular weight is 277 g/mol. The minimum atomic E-state index is 0.0519. The number of hydrogen-bond donors (Lipinski definition) is 1. The van der Waals surface area contributed by atoms with Crippen LogP contribution in [0.15, 0.2) is 0 Å². The first-order chi connectivity index (χ1) is 9.35. The summed E-state index contributed by atoms with van der Waals surface area (Å²) in [7, 11) is 1.70. The summed E-state index contributed by atoms with van der Waals surface area (Å²) in [5.41, 5.74) is 0. The third-order valence-electron chi connectivity index (χ3n) is 2.60. The number of carbonyl (C=O) groups excluding carboxylic acids is 1. The molecule has 6 heteroatoms. The number of ether oxygens (including phenoxy) is 3. The summed E-state index contributed by atoms with van der Waals surface area (Å²) in [5.74, 6) is 0. The van der Waals surface area contributed by atoms with E-state index in [1.54, 1.807) is 7.11 Å². The molecule has 0 aliphatic carbocycles. The number of rotatable bonds is 15. The lowest BCUT2D eigenvalue weighted by Gasteiger charge is -2.21. The van der Waals surface area contributed by atoms with E-state index in [0.29, 0.717) is 19.8 Å². The molecule has 6 nitrogen and oxygen atoms in total. The molecule has 0 aromatic heterocycles. The number of unbranched alkanes of at least 4 members (excludes halogenated alkanes) is 1. The second-order valence-corrected chi connectivity index (χ2v) is 4.12. The van der Waals surface area contributed by atoms with Crippen LogP contribution >= 0.6 is 0 Å². The standard InChI is InChI=1S/C13H27NO5/c1-17-9-3-2-4-14(5-10-18-12-7-15)6-11-19-13-8-16/h7,16H,2-6,8-13H2,1H3. The summed E-state index contributed by atoms with van der Waals surface area (Å²) in [5, 5.41) is 8.63. The first-order valence-electron chi connectivity index (χ1n) is 6.76. The topological polar surface area (TPSA) is 68.2 Å². The van der Waals surface area contributed by atoms with Crippen LogP contribution in [-0.2, 0) is 19.0 Å². The molecule has 0 fully saturated rings. The SMILES string of the molecule is COCCCCN(CCOCC=O)CCOCCO. The summed E-state index contributed by atoms with van der Waals surface area (Å²) >= 11 is 0. The molecule has 1 N–H and O–H groups in total. The Hall–Kier alpha value is -0.530. The summed E-state index contributed by atoms with van der Waals surface area (Å²) < 4.78 is 15.4. The normalized spacial score (nSPS) is 11.1. The quantitative estimate of drug-likeness (QED) is 0.334. The van der Waals surface area contributed by atoms with Gasteiger partial charge in [0.1, 0.15) is 12.9 Å². The third kappa shape index (κ3) is 13.7. The van der Waals surface area contributed by atoms with E-state index in [0.717, 1.165) is 45.4 Å². The van der Waals surface area contributed by atoms with E-state index in [9.17, 15) is 4.79 Å². The highest BCUT2D eigenvalue weighted by molar-refractivity contribution is 5.50. The molecule has 0 saturated heterocycles. The van der Waals surface area contributed by atoms with Crippen molar-refractivity contribution in [3.8, 4) is 0 Å². The van der Waals surface area contributed by atoms with Crippen molar-refractivity contribution in [2.75, 3.05) is 66.4 Å². The smallest absolute Gasteiger partial charge is 0.145 e. The Balaban J connectivity index is 3.68. The van der Waals surface area contributed by atoms with Gasteiger partial charge in [0.2, 0.25) is 0 Å². The maximum atomic E-state index is 10.1. The molecule has 0 aliphatic heterocycles. The molecule has 0 bridgehead atoms. The summed E-state index contributed by atoms with van der Waals surface area (Å²) in [6, 6.07) is 0. The Morgan fingerprint density at radius 2 is 1.74 bits per heavy atom. The minimum absolute atomic E-state index is 0.0519. The van der Waals surface area contributed by atoms with E-state index in [1.165, 1.54) is 0 Å². The first kappa shape index (κ1) is 18.5. The van der Waals surface area contributed by atoms with Crippen molar-refractivity contribution in [2.45, 2.75) is 12.8 Å². The van der Waals surface area contributed by atoms with Crippen LogP contribution in [0.5, 0.6) is 0 Å². The molecule has 0 spiro atoms. The predicted octanol–water partition coefficient (Wildman–Crippen LogP) is -0.0606. The highest BCUT2D eigenvalue weighted by atomic mass is 16.5. The van der Waals surface area contributed by atoms with Crippen LogP contribution in [0.1, 0.15) is 12.8 Å². The minimum Gasteiger partial charge on any atom is -0.394 e. The fraction of sp³-hybridized carbons (Fsp3) is 0.923. The van der Waals surface area contributed by atoms with Gasteiger partial charge in [0.25, 0.3) is 0 Å². The molecule has 0 radical (unpaired) electrons. The van der Waals surface area contributed by atoms with Gasteiger partial charge in [0, 0.05) is 26.8 Å². The first-order valence-corrected chi connectivity index (χ1v) is 6.76. The van der Waals surface area contributed by atoms with Gasteiger partial charge in [-0.15, -0.1) is 0 Å². The van der Waals surface area contributed by atoms with Crippen molar-refractivity contribution >= 4 is 6.29 Å². The molecule has 0 unspecified atom stereocenters. The van der Waals surface area contributed by atoms with Gasteiger partial charge >= 0.3 is 0 Å². The summed E-state index contributed by atoms with van der Waals surface area (Å²) in [6.07, 6.45) is 2.84. The van der Waals surface area contributed by atoms with E-state index in [4.69, 9.17) is 19.3 Å². The molecule has 0 aliphatic rings. The van der Waals surface area contributed by atoms with Gasteiger partial charge in [-0.1, -0.05) is 0 Å². The van der Waals surface area contributed by atoms with Crippen molar-refractivity contribution in [3.63, 3.8) is 0 Å². The monoisotopic (exact) mass is 277 g/mol. The lowest BCUT2D eigenvalue weighted by Crippen LogP contribution is -2.32. The lowest BCUT2D eigenvalue weighted by atomic mass is 10.3. The van der Waals surface area contributed by atoms with Crippen molar-refractivity contribution in [3.05, 3.63) is 0 Å². The zero-order valence-corrected chi connectivity index (χ0v) is 11.9. The van der Waals surface area contributed by atoms with Gasteiger partial charge in [0.05, 0.1) is 26.4 Å². The Morgan fingerprint density at radius 1 is 1.00 bits per heavy atom. The molecule has 114 valence electrons. The number of hydrogen-bond acceptors (Lipinski definition) is 6. The van der Waals surface area contributed by atoms with E-state index in [2.05, 4.69) is 4.90 Å². The number of aliphatic hydroxyl groups excluding tert-OH is 1. The number of aldehydes is 1. The van der Waals surface area contributed by atoms with Crippen LogP contribution < -0.4 is 0 Å². The predicted molar refractivity (Wildman–Crippen MR) is 72.3 cm³/mol. The van der Waals surface area contributed by atoms with Crippen molar-refractivity contribution in [1.29, 1.82) is 0 Å². The Morgan fingerprint density at radius 3 is 2.37 bits per heavy atom. The maximum Gasteiger partial charge on any atom is 0.145 e. The molecular formula is C13H27NO5. The molecule has 0 heterocycles. The Bertz CT molecular complexity index is 180. The summed E-state index contributed by atoms with van der Waals surface area (Å²) in [4.78, 5) is 12.4. The Kier molecular flexibility index (Phi) is 15.1. The number of methoxy groups -OCH3 is 1. The largest absolute Gasteiger partial charge is 0.394 e.